The number of hydrogen-bond donors (Lipinski definition) is 0. The maximum absolute atomic E-state index is 12.1. The molecule has 6 heteroatoms. The highest BCUT2D eigenvalue weighted by molar-refractivity contribution is 6.34. The molecule has 0 aliphatic carbocycles. The SMILES string of the molecule is COC1=C(Cl)CN(c2cc(C(C)(C)C)n(C)n2)C1=O. The lowest BCUT2D eigenvalue weighted by Gasteiger charge is -2.17. The number of aromatic nitrogens is 2. The molecular formula is C13H18ClN3O2. The first-order chi connectivity index (χ1) is 8.75. The van der Waals surface area contributed by atoms with Crippen molar-refractivity contribution in [1.29, 1.82) is 0 Å². The van der Waals surface area contributed by atoms with Crippen LogP contribution >= 0.6 is 11.6 Å². The molecule has 0 radical (unpaired) electrons. The van der Waals surface area contributed by atoms with Crippen molar-refractivity contribution in [3.05, 3.63) is 22.6 Å². The summed E-state index contributed by atoms with van der Waals surface area (Å²) in [6.07, 6.45) is 0. The fourth-order valence-electron chi connectivity index (χ4n) is 2.19. The second-order valence-corrected chi connectivity index (χ2v) is 6.05. The van der Waals surface area contributed by atoms with E-state index in [1.54, 1.807) is 4.68 Å². The van der Waals surface area contributed by atoms with Gasteiger partial charge in [-0.3, -0.25) is 14.4 Å². The lowest BCUT2D eigenvalue weighted by molar-refractivity contribution is -0.117. The van der Waals surface area contributed by atoms with Crippen LogP contribution in [0, 0.1) is 0 Å². The third-order valence-corrected chi connectivity index (χ3v) is 3.39. The van der Waals surface area contributed by atoms with Crippen LogP contribution in [-0.4, -0.2) is 29.3 Å². The highest BCUT2D eigenvalue weighted by atomic mass is 35.5. The molecule has 1 aromatic heterocycles. The van der Waals surface area contributed by atoms with Gasteiger partial charge in [-0.15, -0.1) is 0 Å². The molecule has 0 atom stereocenters. The molecular weight excluding hydrogens is 266 g/mol. The van der Waals surface area contributed by atoms with Crippen molar-refractivity contribution in [2.45, 2.75) is 26.2 Å². The first-order valence-corrected chi connectivity index (χ1v) is 6.42. The molecule has 0 aromatic carbocycles. The third-order valence-electron chi connectivity index (χ3n) is 3.10. The quantitative estimate of drug-likeness (QED) is 0.836. The van der Waals surface area contributed by atoms with Crippen molar-refractivity contribution in [3.63, 3.8) is 0 Å². The molecule has 2 heterocycles. The van der Waals surface area contributed by atoms with E-state index < -0.39 is 0 Å². The van der Waals surface area contributed by atoms with Gasteiger partial charge in [0.2, 0.25) is 5.76 Å². The lowest BCUT2D eigenvalue weighted by Crippen LogP contribution is -2.27. The summed E-state index contributed by atoms with van der Waals surface area (Å²) in [6, 6.07) is 1.92. The highest BCUT2D eigenvalue weighted by Gasteiger charge is 2.34. The lowest BCUT2D eigenvalue weighted by atomic mass is 9.92. The Bertz CT molecular complexity index is 555. The van der Waals surface area contributed by atoms with Gasteiger partial charge in [-0.25, -0.2) is 0 Å². The minimum atomic E-state index is -0.244. The van der Waals surface area contributed by atoms with Crippen molar-refractivity contribution in [2.75, 3.05) is 18.6 Å². The van der Waals surface area contributed by atoms with E-state index in [-0.39, 0.29) is 17.1 Å². The van der Waals surface area contributed by atoms with E-state index in [0.29, 0.717) is 17.4 Å². The van der Waals surface area contributed by atoms with Gasteiger partial charge in [0, 0.05) is 24.2 Å². The van der Waals surface area contributed by atoms with E-state index in [1.807, 2.05) is 13.1 Å². The molecule has 0 unspecified atom stereocenters. The third kappa shape index (κ3) is 2.34. The molecule has 0 spiro atoms. The van der Waals surface area contributed by atoms with Crippen molar-refractivity contribution < 1.29 is 9.53 Å². The number of anilines is 1. The topological polar surface area (TPSA) is 47.4 Å². The largest absolute Gasteiger partial charge is 0.490 e. The first-order valence-electron chi connectivity index (χ1n) is 6.04. The monoisotopic (exact) mass is 283 g/mol. The van der Waals surface area contributed by atoms with Crippen LogP contribution in [0.4, 0.5) is 5.82 Å². The van der Waals surface area contributed by atoms with Gasteiger partial charge in [0.15, 0.2) is 5.82 Å². The average Bonchev–Trinajstić information content (AvgIpc) is 2.79. The summed E-state index contributed by atoms with van der Waals surface area (Å²) in [5.41, 5.74) is 1.02. The van der Waals surface area contributed by atoms with Crippen LogP contribution in [0.3, 0.4) is 0 Å². The first kappa shape index (κ1) is 13.9. The second kappa shape index (κ2) is 4.56. The Morgan fingerprint density at radius 3 is 2.47 bits per heavy atom. The van der Waals surface area contributed by atoms with Gasteiger partial charge < -0.3 is 4.74 Å². The highest BCUT2D eigenvalue weighted by Crippen LogP contribution is 2.30. The number of rotatable bonds is 2. The summed E-state index contributed by atoms with van der Waals surface area (Å²) in [7, 11) is 3.31. The molecule has 0 fully saturated rings. The minimum Gasteiger partial charge on any atom is -0.490 e. The maximum atomic E-state index is 12.1. The molecule has 0 bridgehead atoms. The van der Waals surface area contributed by atoms with Crippen LogP contribution in [0.15, 0.2) is 16.9 Å². The number of amides is 1. The minimum absolute atomic E-state index is 0.0376. The van der Waals surface area contributed by atoms with Crippen molar-refractivity contribution in [2.24, 2.45) is 7.05 Å². The molecule has 1 aliphatic heterocycles. The fraction of sp³-hybridized carbons (Fsp3) is 0.538. The van der Waals surface area contributed by atoms with Crippen LogP contribution in [-0.2, 0) is 22.0 Å². The van der Waals surface area contributed by atoms with Crippen molar-refractivity contribution >= 4 is 23.3 Å². The number of aryl methyl sites for hydroxylation is 1. The van der Waals surface area contributed by atoms with E-state index >= 15 is 0 Å². The molecule has 0 saturated carbocycles. The summed E-state index contributed by atoms with van der Waals surface area (Å²) in [4.78, 5) is 13.7. The Morgan fingerprint density at radius 2 is 2.05 bits per heavy atom. The zero-order valence-electron chi connectivity index (χ0n) is 11.8. The Morgan fingerprint density at radius 1 is 1.42 bits per heavy atom. The Hall–Kier alpha value is -1.49. The molecule has 2 rings (SSSR count). The number of nitrogens with zero attached hydrogens (tertiary/aromatic N) is 3. The van der Waals surface area contributed by atoms with Crippen LogP contribution in [0.5, 0.6) is 0 Å². The van der Waals surface area contributed by atoms with Crippen LogP contribution in [0.25, 0.3) is 0 Å². The number of ether oxygens (including phenoxy) is 1. The van der Waals surface area contributed by atoms with E-state index in [2.05, 4.69) is 25.9 Å². The zero-order chi connectivity index (χ0) is 14.4. The summed E-state index contributed by atoms with van der Waals surface area (Å²) in [6.45, 7) is 6.62. The molecule has 19 heavy (non-hydrogen) atoms. The van der Waals surface area contributed by atoms with Crippen molar-refractivity contribution in [1.82, 2.24) is 9.78 Å². The number of carbonyl (C=O) groups is 1. The smallest absolute Gasteiger partial charge is 0.296 e. The number of halogens is 1. The standard InChI is InChI=1S/C13H18ClN3O2/c1-13(2,3)9-6-10(15-16(9)4)17-7-8(14)11(19-5)12(17)18/h6H,7H2,1-5H3. The second-order valence-electron chi connectivity index (χ2n) is 5.59. The van der Waals surface area contributed by atoms with E-state index in [1.165, 1.54) is 12.0 Å². The fourth-order valence-corrected chi connectivity index (χ4v) is 2.47. The summed E-state index contributed by atoms with van der Waals surface area (Å²) in [5, 5.41) is 4.81. The van der Waals surface area contributed by atoms with Gasteiger partial charge in [0.05, 0.1) is 18.7 Å². The van der Waals surface area contributed by atoms with E-state index in [0.717, 1.165) is 5.69 Å². The van der Waals surface area contributed by atoms with Gasteiger partial charge in [-0.05, 0) is 0 Å². The molecule has 104 valence electrons. The summed E-state index contributed by atoms with van der Waals surface area (Å²) >= 11 is 6.01. The molecule has 1 amide bonds. The Balaban J connectivity index is 2.34. The maximum Gasteiger partial charge on any atom is 0.296 e. The molecule has 5 nitrogen and oxygen atoms in total. The summed E-state index contributed by atoms with van der Waals surface area (Å²) in [5.74, 6) is 0.554. The van der Waals surface area contributed by atoms with E-state index in [4.69, 9.17) is 16.3 Å². The number of carbonyl (C=O) groups excluding carboxylic acids is 1. The van der Waals surface area contributed by atoms with Gasteiger partial charge in [0.25, 0.3) is 5.91 Å². The Labute approximate surface area is 117 Å². The van der Waals surface area contributed by atoms with Crippen LogP contribution < -0.4 is 4.90 Å². The van der Waals surface area contributed by atoms with Crippen LogP contribution in [0.2, 0.25) is 0 Å². The van der Waals surface area contributed by atoms with Gasteiger partial charge in [-0.1, -0.05) is 32.4 Å². The predicted molar refractivity (Wildman–Crippen MR) is 74.1 cm³/mol. The molecule has 0 N–H and O–H groups in total. The Kier molecular flexibility index (Phi) is 3.34. The van der Waals surface area contributed by atoms with Gasteiger partial charge >= 0.3 is 0 Å². The van der Waals surface area contributed by atoms with Gasteiger partial charge in [0.1, 0.15) is 0 Å². The van der Waals surface area contributed by atoms with Crippen molar-refractivity contribution in [3.8, 4) is 0 Å². The number of methoxy groups -OCH3 is 1. The molecule has 1 aromatic rings. The normalized spacial score (nSPS) is 16.5. The van der Waals surface area contributed by atoms with E-state index in [9.17, 15) is 4.79 Å². The molecule has 1 aliphatic rings. The van der Waals surface area contributed by atoms with Gasteiger partial charge in [-0.2, -0.15) is 5.10 Å². The van der Waals surface area contributed by atoms with Crippen LogP contribution in [0.1, 0.15) is 26.5 Å². The summed E-state index contributed by atoms with van der Waals surface area (Å²) < 4.78 is 6.81. The molecule has 0 saturated heterocycles. The average molecular weight is 284 g/mol. The predicted octanol–water partition coefficient (Wildman–Crippen LogP) is 2.16. The zero-order valence-corrected chi connectivity index (χ0v) is 12.6. The number of hydrogen-bond acceptors (Lipinski definition) is 3.